The minimum absolute atomic E-state index is 0.0547. The lowest BCUT2D eigenvalue weighted by Gasteiger charge is -2.60. The first-order valence-corrected chi connectivity index (χ1v) is 12.3. The Labute approximate surface area is 197 Å². The highest BCUT2D eigenvalue weighted by Crippen LogP contribution is 2.57. The molecule has 2 aromatic rings. The van der Waals surface area contributed by atoms with Crippen LogP contribution in [0.1, 0.15) is 61.2 Å². The second-order valence-electron chi connectivity index (χ2n) is 10.9. The fraction of sp³-hybridized carbons (Fsp3) is 0.536. The molecule has 3 aliphatic rings. The summed E-state index contributed by atoms with van der Waals surface area (Å²) in [7, 11) is 0. The summed E-state index contributed by atoms with van der Waals surface area (Å²) in [5.41, 5.74) is 4.07. The number of likely N-dealkylation sites (tertiary alicyclic amines) is 1. The van der Waals surface area contributed by atoms with Crippen LogP contribution in [-0.2, 0) is 23.1 Å². The zero-order valence-electron chi connectivity index (χ0n) is 20.3. The third kappa shape index (κ3) is 3.66. The first-order valence-electron chi connectivity index (χ1n) is 12.3. The molecular formula is C28H36N2O3. The van der Waals surface area contributed by atoms with Gasteiger partial charge in [-0.2, -0.15) is 0 Å². The van der Waals surface area contributed by atoms with Gasteiger partial charge in [-0.3, -0.25) is 9.69 Å². The molecule has 2 saturated heterocycles. The molecule has 2 fully saturated rings. The number of ether oxygens (including phenoxy) is 1. The topological polar surface area (TPSA) is 53.0 Å². The Morgan fingerprint density at radius 3 is 2.61 bits per heavy atom. The van der Waals surface area contributed by atoms with Crippen molar-refractivity contribution in [1.82, 2.24) is 9.80 Å². The molecule has 5 nitrogen and oxygen atoms in total. The number of carbonyl (C=O) groups is 1. The van der Waals surface area contributed by atoms with Crippen LogP contribution in [0.3, 0.4) is 0 Å². The summed E-state index contributed by atoms with van der Waals surface area (Å²) in [6, 6.07) is 14.1. The molecule has 0 radical (unpaired) electrons. The second-order valence-corrected chi connectivity index (χ2v) is 10.9. The highest BCUT2D eigenvalue weighted by molar-refractivity contribution is 5.94. The van der Waals surface area contributed by atoms with Crippen molar-refractivity contribution >= 4 is 5.91 Å². The fourth-order valence-electron chi connectivity index (χ4n) is 6.38. The van der Waals surface area contributed by atoms with Gasteiger partial charge in [0.15, 0.2) is 0 Å². The van der Waals surface area contributed by atoms with Gasteiger partial charge in [-0.1, -0.05) is 45.0 Å². The van der Waals surface area contributed by atoms with Gasteiger partial charge in [0.1, 0.15) is 5.75 Å². The molecular weight excluding hydrogens is 412 g/mol. The van der Waals surface area contributed by atoms with Gasteiger partial charge >= 0.3 is 0 Å². The lowest BCUT2D eigenvalue weighted by molar-refractivity contribution is -0.0266. The Kier molecular flexibility index (Phi) is 5.53. The van der Waals surface area contributed by atoms with Gasteiger partial charge in [0.05, 0.1) is 12.7 Å². The second kappa shape index (κ2) is 8.14. The molecule has 33 heavy (non-hydrogen) atoms. The van der Waals surface area contributed by atoms with Gasteiger partial charge in [-0.25, -0.2) is 0 Å². The number of morpholine rings is 1. The summed E-state index contributed by atoms with van der Waals surface area (Å²) in [5.74, 6) is 0.454. The number of phenolic OH excluding ortho intramolecular Hbond substituents is 1. The van der Waals surface area contributed by atoms with Crippen LogP contribution in [-0.4, -0.2) is 59.2 Å². The number of piperidine rings is 1. The molecule has 5 heteroatoms. The van der Waals surface area contributed by atoms with Crippen molar-refractivity contribution < 1.29 is 14.6 Å². The number of phenols is 1. The minimum atomic E-state index is -0.0886. The largest absolute Gasteiger partial charge is 0.508 e. The summed E-state index contributed by atoms with van der Waals surface area (Å²) >= 11 is 0. The van der Waals surface area contributed by atoms with E-state index in [9.17, 15) is 9.90 Å². The Hall–Kier alpha value is -2.37. The molecule has 3 atom stereocenters. The average Bonchev–Trinajstić information content (AvgIpc) is 2.77. The number of benzene rings is 2. The van der Waals surface area contributed by atoms with E-state index < -0.39 is 0 Å². The van der Waals surface area contributed by atoms with E-state index in [-0.39, 0.29) is 28.9 Å². The molecule has 2 bridgehead atoms. The fourth-order valence-corrected chi connectivity index (χ4v) is 6.38. The van der Waals surface area contributed by atoms with E-state index in [0.717, 1.165) is 50.3 Å². The van der Waals surface area contributed by atoms with Crippen molar-refractivity contribution in [3.63, 3.8) is 0 Å². The zero-order chi connectivity index (χ0) is 23.4. The maximum absolute atomic E-state index is 13.7. The molecule has 0 aromatic heterocycles. The van der Waals surface area contributed by atoms with E-state index in [4.69, 9.17) is 4.74 Å². The quantitative estimate of drug-likeness (QED) is 0.758. The van der Waals surface area contributed by atoms with Crippen LogP contribution in [0.2, 0.25) is 0 Å². The number of carbonyl (C=O) groups excluding carboxylic acids is 1. The van der Waals surface area contributed by atoms with Crippen LogP contribution >= 0.6 is 0 Å². The minimum Gasteiger partial charge on any atom is -0.508 e. The van der Waals surface area contributed by atoms with E-state index in [2.05, 4.69) is 55.7 Å². The highest BCUT2D eigenvalue weighted by Gasteiger charge is 2.57. The summed E-state index contributed by atoms with van der Waals surface area (Å²) in [5, 5.41) is 10.6. The van der Waals surface area contributed by atoms with Gasteiger partial charge in [-0.15, -0.1) is 0 Å². The number of hydrogen-bond acceptors (Lipinski definition) is 4. The molecule has 2 heterocycles. The van der Waals surface area contributed by atoms with Crippen LogP contribution in [0.5, 0.6) is 5.75 Å². The SMILES string of the molecule is CC1CN(Cc2ccc(C(=O)N3CCC4(C)c5cccc(O)c5CC3C4(C)C)cc2)CCO1. The molecule has 5 rings (SSSR count). The number of nitrogens with zero attached hydrogens (tertiary/aromatic N) is 2. The molecule has 0 saturated carbocycles. The van der Waals surface area contributed by atoms with Crippen LogP contribution in [0.25, 0.3) is 0 Å². The predicted octanol–water partition coefficient (Wildman–Crippen LogP) is 4.37. The molecule has 1 aliphatic carbocycles. The molecule has 1 amide bonds. The zero-order valence-corrected chi connectivity index (χ0v) is 20.3. The summed E-state index contributed by atoms with van der Waals surface area (Å²) in [4.78, 5) is 18.1. The lowest BCUT2D eigenvalue weighted by atomic mass is 9.51. The summed E-state index contributed by atoms with van der Waals surface area (Å²) < 4.78 is 5.64. The van der Waals surface area contributed by atoms with Gasteiger partial charge in [0.2, 0.25) is 0 Å². The van der Waals surface area contributed by atoms with Crippen molar-refractivity contribution in [2.75, 3.05) is 26.2 Å². The molecule has 1 N–H and O–H groups in total. The van der Waals surface area contributed by atoms with E-state index >= 15 is 0 Å². The van der Waals surface area contributed by atoms with E-state index in [1.165, 1.54) is 11.1 Å². The third-order valence-electron chi connectivity index (χ3n) is 8.82. The lowest BCUT2D eigenvalue weighted by Crippen LogP contribution is -2.64. The van der Waals surface area contributed by atoms with Crippen LogP contribution in [0, 0.1) is 5.41 Å². The maximum Gasteiger partial charge on any atom is 0.254 e. The smallest absolute Gasteiger partial charge is 0.254 e. The van der Waals surface area contributed by atoms with Gasteiger partial charge < -0.3 is 14.7 Å². The van der Waals surface area contributed by atoms with Crippen molar-refractivity contribution in [3.05, 3.63) is 64.7 Å². The number of amides is 1. The maximum atomic E-state index is 13.7. The van der Waals surface area contributed by atoms with Crippen molar-refractivity contribution in [1.29, 1.82) is 0 Å². The Morgan fingerprint density at radius 2 is 1.88 bits per heavy atom. The monoisotopic (exact) mass is 448 g/mol. The number of fused-ring (bicyclic) bond motifs is 4. The summed E-state index contributed by atoms with van der Waals surface area (Å²) in [6.45, 7) is 13.3. The van der Waals surface area contributed by atoms with Crippen LogP contribution in [0.15, 0.2) is 42.5 Å². The van der Waals surface area contributed by atoms with Gasteiger partial charge in [-0.05, 0) is 60.1 Å². The number of hydrogen-bond donors (Lipinski definition) is 1. The Balaban J connectivity index is 1.37. The van der Waals surface area contributed by atoms with E-state index in [1.807, 2.05) is 18.2 Å². The number of rotatable bonds is 3. The number of aromatic hydroxyl groups is 1. The standard InChI is InChI=1S/C28H36N2O3/c1-19-17-29(14-15-33-19)18-20-8-10-21(11-9-20)26(32)30-13-12-28(4)23-6-5-7-24(31)22(23)16-25(30)27(28,2)3/h5-11,19,25,31H,12-18H2,1-4H3. The van der Waals surface area contributed by atoms with Crippen molar-refractivity contribution in [3.8, 4) is 5.75 Å². The third-order valence-corrected chi connectivity index (χ3v) is 8.82. The molecule has 2 aromatic carbocycles. The Bertz CT molecular complexity index is 1050. The van der Waals surface area contributed by atoms with Crippen molar-refractivity contribution in [2.45, 2.75) is 64.6 Å². The highest BCUT2D eigenvalue weighted by atomic mass is 16.5. The molecule has 176 valence electrons. The van der Waals surface area contributed by atoms with Crippen LogP contribution < -0.4 is 0 Å². The van der Waals surface area contributed by atoms with E-state index in [0.29, 0.717) is 12.2 Å². The van der Waals surface area contributed by atoms with Gasteiger partial charge in [0, 0.05) is 43.2 Å². The van der Waals surface area contributed by atoms with Crippen molar-refractivity contribution in [2.24, 2.45) is 5.41 Å². The van der Waals surface area contributed by atoms with Gasteiger partial charge in [0.25, 0.3) is 5.91 Å². The normalized spacial score (nSPS) is 28.9. The Morgan fingerprint density at radius 1 is 1.12 bits per heavy atom. The first-order chi connectivity index (χ1) is 15.7. The van der Waals surface area contributed by atoms with Crippen LogP contribution in [0.4, 0.5) is 0 Å². The first kappa shape index (κ1) is 22.4. The predicted molar refractivity (Wildman–Crippen MR) is 130 cm³/mol. The summed E-state index contributed by atoms with van der Waals surface area (Å²) in [6.07, 6.45) is 1.86. The molecule has 2 aliphatic heterocycles. The average molecular weight is 449 g/mol. The molecule has 0 spiro atoms. The van der Waals surface area contributed by atoms with E-state index in [1.54, 1.807) is 6.07 Å². The molecule has 3 unspecified atom stereocenters.